The molecule has 130 valence electrons. The van der Waals surface area contributed by atoms with Crippen LogP contribution in [0.1, 0.15) is 26.0 Å². The minimum absolute atomic E-state index is 0.601. The maximum Gasteiger partial charge on any atom is 0.229 e. The van der Waals surface area contributed by atoms with Crippen molar-refractivity contribution in [3.05, 3.63) is 66.6 Å². The van der Waals surface area contributed by atoms with Crippen LogP contribution in [-0.4, -0.2) is 18.1 Å². The van der Waals surface area contributed by atoms with Crippen LogP contribution in [0.25, 0.3) is 11.5 Å². The van der Waals surface area contributed by atoms with Gasteiger partial charge in [0.25, 0.3) is 0 Å². The third kappa shape index (κ3) is 4.21. The second-order valence-electron chi connectivity index (χ2n) is 5.83. The van der Waals surface area contributed by atoms with Gasteiger partial charge in [-0.15, -0.1) is 0 Å². The lowest BCUT2D eigenvalue weighted by Crippen LogP contribution is -2.23. The Hall–Kier alpha value is -2.75. The molecular formula is C21H24N2O2. The van der Waals surface area contributed by atoms with Gasteiger partial charge in [-0.25, -0.2) is 4.98 Å². The first-order valence-electron chi connectivity index (χ1n) is 8.78. The van der Waals surface area contributed by atoms with Gasteiger partial charge in [0.05, 0.1) is 24.4 Å². The highest BCUT2D eigenvalue weighted by Gasteiger charge is 2.14. The van der Waals surface area contributed by atoms with Crippen LogP contribution in [0.15, 0.2) is 65.3 Å². The van der Waals surface area contributed by atoms with Gasteiger partial charge in [-0.1, -0.05) is 37.3 Å². The molecule has 1 heterocycles. The first-order valence-corrected chi connectivity index (χ1v) is 8.78. The van der Waals surface area contributed by atoms with E-state index >= 15 is 0 Å². The fraction of sp³-hybridized carbons (Fsp3) is 0.286. The number of benzene rings is 2. The predicted octanol–water partition coefficient (Wildman–Crippen LogP) is 5.16. The normalized spacial score (nSPS) is 10.6. The van der Waals surface area contributed by atoms with Gasteiger partial charge in [0, 0.05) is 12.2 Å². The van der Waals surface area contributed by atoms with Gasteiger partial charge >= 0.3 is 0 Å². The van der Waals surface area contributed by atoms with Crippen molar-refractivity contribution in [2.75, 3.05) is 18.1 Å². The van der Waals surface area contributed by atoms with E-state index in [-0.39, 0.29) is 0 Å². The molecule has 0 aliphatic rings. The summed E-state index contributed by atoms with van der Waals surface area (Å²) in [4.78, 5) is 7.00. The van der Waals surface area contributed by atoms with Gasteiger partial charge in [0.2, 0.25) is 5.89 Å². The Balaban J connectivity index is 1.81. The molecule has 0 saturated heterocycles. The summed E-state index contributed by atoms with van der Waals surface area (Å²) in [5.41, 5.74) is 3.00. The van der Waals surface area contributed by atoms with Crippen molar-refractivity contribution >= 4 is 5.69 Å². The van der Waals surface area contributed by atoms with Crippen LogP contribution in [0.2, 0.25) is 0 Å². The largest absolute Gasteiger partial charge is 0.493 e. The Morgan fingerprint density at radius 3 is 2.52 bits per heavy atom. The van der Waals surface area contributed by atoms with Crippen molar-refractivity contribution in [2.45, 2.75) is 26.8 Å². The number of hydrogen-bond donors (Lipinski definition) is 0. The molecule has 1 aromatic heterocycles. The minimum Gasteiger partial charge on any atom is -0.493 e. The fourth-order valence-corrected chi connectivity index (χ4v) is 2.83. The van der Waals surface area contributed by atoms with Crippen molar-refractivity contribution in [1.82, 2.24) is 4.98 Å². The molecule has 0 bridgehead atoms. The van der Waals surface area contributed by atoms with Gasteiger partial charge in [0.1, 0.15) is 12.0 Å². The standard InChI is InChI=1S/C21H24N2O2/c1-3-14-23(18-10-6-5-7-11-18)15-17-16-25-21(22-17)19-12-8-9-13-20(19)24-4-2/h5-13,16H,3-4,14-15H2,1-2H3. The van der Waals surface area contributed by atoms with Crippen LogP contribution < -0.4 is 9.64 Å². The number of oxazole rings is 1. The lowest BCUT2D eigenvalue weighted by molar-refractivity contribution is 0.340. The molecule has 0 saturated carbocycles. The average Bonchev–Trinajstić information content (AvgIpc) is 3.11. The molecule has 4 nitrogen and oxygen atoms in total. The summed E-state index contributed by atoms with van der Waals surface area (Å²) < 4.78 is 11.4. The molecule has 0 fully saturated rings. The fourth-order valence-electron chi connectivity index (χ4n) is 2.83. The summed E-state index contributed by atoms with van der Waals surface area (Å²) in [6.45, 7) is 6.46. The van der Waals surface area contributed by atoms with E-state index in [0.29, 0.717) is 12.5 Å². The topological polar surface area (TPSA) is 38.5 Å². The van der Waals surface area contributed by atoms with Crippen LogP contribution in [0, 0.1) is 0 Å². The molecule has 2 aromatic carbocycles. The number of nitrogens with zero attached hydrogens (tertiary/aromatic N) is 2. The number of anilines is 1. The summed E-state index contributed by atoms with van der Waals surface area (Å²) in [6, 6.07) is 18.2. The Labute approximate surface area is 149 Å². The second kappa shape index (κ2) is 8.38. The summed E-state index contributed by atoms with van der Waals surface area (Å²) in [7, 11) is 0. The van der Waals surface area contributed by atoms with Crippen LogP contribution in [0.3, 0.4) is 0 Å². The molecular weight excluding hydrogens is 312 g/mol. The zero-order chi connectivity index (χ0) is 17.5. The van der Waals surface area contributed by atoms with E-state index in [1.165, 1.54) is 5.69 Å². The third-order valence-corrected chi connectivity index (χ3v) is 3.94. The van der Waals surface area contributed by atoms with E-state index in [1.54, 1.807) is 6.26 Å². The molecule has 0 aliphatic carbocycles. The van der Waals surface area contributed by atoms with Crippen LogP contribution in [-0.2, 0) is 6.54 Å². The van der Waals surface area contributed by atoms with Crippen LogP contribution in [0.4, 0.5) is 5.69 Å². The number of hydrogen-bond acceptors (Lipinski definition) is 4. The van der Waals surface area contributed by atoms with Gasteiger partial charge in [-0.3, -0.25) is 0 Å². The molecule has 0 unspecified atom stereocenters. The molecule has 0 N–H and O–H groups in total. The number of aromatic nitrogens is 1. The quantitative estimate of drug-likeness (QED) is 0.570. The molecule has 0 radical (unpaired) electrons. The highest BCUT2D eigenvalue weighted by atomic mass is 16.5. The summed E-state index contributed by atoms with van der Waals surface area (Å²) in [5, 5.41) is 0. The van der Waals surface area contributed by atoms with E-state index in [4.69, 9.17) is 9.15 Å². The van der Waals surface area contributed by atoms with Crippen molar-refractivity contribution in [2.24, 2.45) is 0 Å². The maximum atomic E-state index is 5.73. The average molecular weight is 336 g/mol. The number of para-hydroxylation sites is 2. The van der Waals surface area contributed by atoms with Gasteiger partial charge in [-0.2, -0.15) is 0 Å². The third-order valence-electron chi connectivity index (χ3n) is 3.94. The summed E-state index contributed by atoms with van der Waals surface area (Å²) >= 11 is 0. The van der Waals surface area contributed by atoms with E-state index in [2.05, 4.69) is 41.1 Å². The predicted molar refractivity (Wildman–Crippen MR) is 101 cm³/mol. The molecule has 3 rings (SSSR count). The Bertz CT molecular complexity index is 783. The van der Waals surface area contributed by atoms with E-state index in [0.717, 1.165) is 36.5 Å². The van der Waals surface area contributed by atoms with E-state index in [1.807, 2.05) is 37.3 Å². The molecule has 0 atom stereocenters. The van der Waals surface area contributed by atoms with Gasteiger partial charge < -0.3 is 14.1 Å². The minimum atomic E-state index is 0.601. The molecule has 0 spiro atoms. The lowest BCUT2D eigenvalue weighted by atomic mass is 10.2. The Morgan fingerprint density at radius 1 is 1.00 bits per heavy atom. The van der Waals surface area contributed by atoms with Crippen LogP contribution in [0.5, 0.6) is 5.75 Å². The number of ether oxygens (including phenoxy) is 1. The van der Waals surface area contributed by atoms with Crippen molar-refractivity contribution in [3.63, 3.8) is 0 Å². The molecule has 3 aromatic rings. The van der Waals surface area contributed by atoms with E-state index in [9.17, 15) is 0 Å². The molecule has 0 amide bonds. The zero-order valence-electron chi connectivity index (χ0n) is 14.8. The smallest absolute Gasteiger partial charge is 0.229 e. The SMILES string of the molecule is CCCN(Cc1coc(-c2ccccc2OCC)n1)c1ccccc1. The summed E-state index contributed by atoms with van der Waals surface area (Å²) in [6.07, 6.45) is 2.82. The lowest BCUT2D eigenvalue weighted by Gasteiger charge is -2.23. The Kier molecular flexibility index (Phi) is 5.73. The van der Waals surface area contributed by atoms with Crippen LogP contribution >= 0.6 is 0 Å². The maximum absolute atomic E-state index is 5.73. The molecule has 25 heavy (non-hydrogen) atoms. The van der Waals surface area contributed by atoms with Crippen molar-refractivity contribution < 1.29 is 9.15 Å². The first kappa shape index (κ1) is 17.1. The van der Waals surface area contributed by atoms with E-state index < -0.39 is 0 Å². The van der Waals surface area contributed by atoms with Crippen molar-refractivity contribution in [3.8, 4) is 17.2 Å². The monoisotopic (exact) mass is 336 g/mol. The Morgan fingerprint density at radius 2 is 1.76 bits per heavy atom. The molecule has 0 aliphatic heterocycles. The highest BCUT2D eigenvalue weighted by Crippen LogP contribution is 2.29. The van der Waals surface area contributed by atoms with Crippen molar-refractivity contribution in [1.29, 1.82) is 0 Å². The number of rotatable bonds is 8. The first-order chi connectivity index (χ1) is 12.3. The van der Waals surface area contributed by atoms with Gasteiger partial charge in [0.15, 0.2) is 0 Å². The molecule has 4 heteroatoms. The summed E-state index contributed by atoms with van der Waals surface area (Å²) in [5.74, 6) is 1.40. The van der Waals surface area contributed by atoms with Gasteiger partial charge in [-0.05, 0) is 37.6 Å². The zero-order valence-corrected chi connectivity index (χ0v) is 14.8. The second-order valence-corrected chi connectivity index (χ2v) is 5.83. The highest BCUT2D eigenvalue weighted by molar-refractivity contribution is 5.62.